The maximum Gasteiger partial charge on any atom is -0.0200 e. The third-order valence-electron chi connectivity index (χ3n) is 8.91. The lowest BCUT2D eigenvalue weighted by molar-refractivity contribution is -0.0638. The Morgan fingerprint density at radius 3 is 0.679 bits per heavy atom. The first-order valence-corrected chi connectivity index (χ1v) is 11.9. The van der Waals surface area contributed by atoms with E-state index < -0.39 is 0 Å². The van der Waals surface area contributed by atoms with Gasteiger partial charge in [-0.1, -0.05) is 123 Å². The zero-order valence-electron chi connectivity index (χ0n) is 21.4. The molecule has 2 rings (SSSR count). The van der Waals surface area contributed by atoms with Gasteiger partial charge in [-0.3, -0.25) is 0 Å². The van der Waals surface area contributed by atoms with Crippen LogP contribution >= 0.6 is 0 Å². The summed E-state index contributed by atoms with van der Waals surface area (Å²) in [5.41, 5.74) is 2.94. The fourth-order valence-corrected chi connectivity index (χ4v) is 7.38. The van der Waals surface area contributed by atoms with Crippen LogP contribution in [0, 0.1) is 32.5 Å². The second kappa shape index (κ2) is 9.01. The molecule has 0 aromatic carbocycles. The Kier molecular flexibility index (Phi) is 9.01. The highest BCUT2D eigenvalue weighted by Crippen LogP contribution is 2.61. The number of hydrogen-bond donors (Lipinski definition) is 0. The van der Waals surface area contributed by atoms with E-state index in [1.54, 1.807) is 0 Å². The lowest BCUT2D eigenvalue weighted by Crippen LogP contribution is -2.47. The molecule has 0 heterocycles. The normalized spacial score (nSPS) is 22.7. The van der Waals surface area contributed by atoms with Gasteiger partial charge in [-0.25, -0.2) is 0 Å². The molecule has 0 heteroatoms. The van der Waals surface area contributed by atoms with E-state index in [2.05, 4.69) is 83.1 Å². The zero-order chi connectivity index (χ0) is 21.4. The third-order valence-corrected chi connectivity index (χ3v) is 8.91. The Morgan fingerprint density at radius 1 is 0.357 bits per heavy atom. The van der Waals surface area contributed by atoms with Crippen LogP contribution in [0.4, 0.5) is 0 Å². The van der Waals surface area contributed by atoms with E-state index in [9.17, 15) is 0 Å². The van der Waals surface area contributed by atoms with E-state index in [1.807, 2.05) is 0 Å². The summed E-state index contributed by atoms with van der Waals surface area (Å²) in [6.07, 6.45) is 12.9. The summed E-state index contributed by atoms with van der Waals surface area (Å²) in [5, 5.41) is 0. The van der Waals surface area contributed by atoms with Crippen LogP contribution in [0.5, 0.6) is 0 Å². The molecule has 2 fully saturated rings. The summed E-state index contributed by atoms with van der Waals surface area (Å²) in [4.78, 5) is 0. The molecule has 2 saturated carbocycles. The van der Waals surface area contributed by atoms with Crippen LogP contribution in [0.25, 0.3) is 0 Å². The quantitative estimate of drug-likeness (QED) is 0.383. The summed E-state index contributed by atoms with van der Waals surface area (Å²) >= 11 is 0. The molecule has 0 amide bonds. The van der Waals surface area contributed by atoms with Crippen molar-refractivity contribution in [3.63, 3.8) is 0 Å². The van der Waals surface area contributed by atoms with Gasteiger partial charge in [-0.05, 0) is 58.2 Å². The fraction of sp³-hybridized carbons (Fsp3) is 1.00. The average molecular weight is 395 g/mol. The predicted octanol–water partition coefficient (Wildman–Crippen LogP) is 10.3. The lowest BCUT2D eigenvalue weighted by Gasteiger charge is -2.56. The summed E-state index contributed by atoms with van der Waals surface area (Å²) < 4.78 is 0. The summed E-state index contributed by atoms with van der Waals surface area (Å²) in [6, 6.07) is 0. The molecule has 2 aliphatic rings. The predicted molar refractivity (Wildman–Crippen MR) is 131 cm³/mol. The highest BCUT2D eigenvalue weighted by molar-refractivity contribution is 5.01. The topological polar surface area (TPSA) is 0 Å². The van der Waals surface area contributed by atoms with Crippen molar-refractivity contribution >= 4 is 0 Å². The van der Waals surface area contributed by atoms with Gasteiger partial charge in [0.1, 0.15) is 0 Å². The molecule has 0 nitrogen and oxygen atoms in total. The maximum atomic E-state index is 2.43. The van der Waals surface area contributed by atoms with Gasteiger partial charge >= 0.3 is 0 Å². The average Bonchev–Trinajstić information content (AvgIpc) is 2.97. The first-order chi connectivity index (χ1) is 11.9. The molecule has 0 N–H and O–H groups in total. The minimum Gasteiger partial charge on any atom is -0.0776 e. The van der Waals surface area contributed by atoms with Crippen molar-refractivity contribution in [2.75, 3.05) is 0 Å². The maximum absolute atomic E-state index is 2.43. The van der Waals surface area contributed by atoms with Crippen LogP contribution in [-0.2, 0) is 0 Å². The molecular weight excluding hydrogens is 336 g/mol. The van der Waals surface area contributed by atoms with Gasteiger partial charge in [0.05, 0.1) is 0 Å². The molecule has 28 heavy (non-hydrogen) atoms. The summed E-state index contributed by atoms with van der Waals surface area (Å²) in [5.74, 6) is 0. The monoisotopic (exact) mass is 394 g/mol. The molecule has 0 radical (unpaired) electrons. The zero-order valence-corrected chi connectivity index (χ0v) is 21.4. The Balaban J connectivity index is 0.000000504. The van der Waals surface area contributed by atoms with Gasteiger partial charge in [-0.2, -0.15) is 0 Å². The smallest absolute Gasteiger partial charge is 0.0200 e. The van der Waals surface area contributed by atoms with Crippen LogP contribution in [0.2, 0.25) is 0 Å². The Morgan fingerprint density at radius 2 is 0.536 bits per heavy atom. The van der Waals surface area contributed by atoms with E-state index >= 15 is 0 Å². The molecule has 0 spiro atoms. The minimum absolute atomic E-state index is 0. The first kappa shape index (κ1) is 28.0. The van der Waals surface area contributed by atoms with Crippen molar-refractivity contribution in [2.45, 2.75) is 148 Å². The van der Waals surface area contributed by atoms with E-state index in [4.69, 9.17) is 0 Å². The molecule has 0 atom stereocenters. The standard InChI is InChI=1S/C14H28.C13H26.CH4/c1-12(2,3)14(13(4,5)6)10-8-7-9-11-14;1-11(2,3)13(12(4,5)6)9-7-8-10-13;/h7-11H2,1-6H3;7-10H2,1-6H3;1H4. The van der Waals surface area contributed by atoms with E-state index in [1.165, 1.54) is 57.8 Å². The molecule has 0 aliphatic heterocycles. The van der Waals surface area contributed by atoms with Crippen LogP contribution in [-0.4, -0.2) is 0 Å². The largest absolute Gasteiger partial charge is 0.0776 e. The van der Waals surface area contributed by atoms with Crippen molar-refractivity contribution in [3.05, 3.63) is 0 Å². The van der Waals surface area contributed by atoms with Crippen molar-refractivity contribution in [3.8, 4) is 0 Å². The van der Waals surface area contributed by atoms with Crippen LogP contribution in [0.3, 0.4) is 0 Å². The van der Waals surface area contributed by atoms with Crippen LogP contribution in [0.1, 0.15) is 148 Å². The molecule has 2 aliphatic carbocycles. The Bertz CT molecular complexity index is 408. The van der Waals surface area contributed by atoms with Gasteiger partial charge in [-0.15, -0.1) is 0 Å². The molecule has 0 aromatic heterocycles. The molecule has 0 aromatic rings. The van der Waals surface area contributed by atoms with E-state index in [-0.39, 0.29) is 7.43 Å². The van der Waals surface area contributed by atoms with Crippen molar-refractivity contribution < 1.29 is 0 Å². The van der Waals surface area contributed by atoms with Crippen molar-refractivity contribution in [2.24, 2.45) is 32.5 Å². The van der Waals surface area contributed by atoms with Gasteiger partial charge in [0.25, 0.3) is 0 Å². The second-order valence-electron chi connectivity index (χ2n) is 13.9. The first-order valence-electron chi connectivity index (χ1n) is 11.9. The van der Waals surface area contributed by atoms with Gasteiger partial charge < -0.3 is 0 Å². The molecule has 170 valence electrons. The van der Waals surface area contributed by atoms with Gasteiger partial charge in [0.2, 0.25) is 0 Å². The van der Waals surface area contributed by atoms with Gasteiger partial charge in [0.15, 0.2) is 0 Å². The van der Waals surface area contributed by atoms with Crippen LogP contribution in [0.15, 0.2) is 0 Å². The molecule has 0 unspecified atom stereocenters. The summed E-state index contributed by atoms with van der Waals surface area (Å²) in [7, 11) is 0. The molecular formula is C28H58. The molecule has 0 saturated heterocycles. The number of rotatable bonds is 0. The second-order valence-corrected chi connectivity index (χ2v) is 13.9. The highest BCUT2D eigenvalue weighted by Gasteiger charge is 2.51. The van der Waals surface area contributed by atoms with Gasteiger partial charge in [0, 0.05) is 0 Å². The minimum atomic E-state index is 0. The SMILES string of the molecule is C.CC(C)(C)C1(C(C)(C)C)CCCC1.CC(C)(C)C1(C(C)(C)C)CCCCC1. The Hall–Kier alpha value is 0. The number of hydrogen-bond acceptors (Lipinski definition) is 0. The summed E-state index contributed by atoms with van der Waals surface area (Å²) in [6.45, 7) is 29.1. The van der Waals surface area contributed by atoms with E-state index in [0.717, 1.165) is 0 Å². The fourth-order valence-electron chi connectivity index (χ4n) is 7.38. The van der Waals surface area contributed by atoms with Crippen LogP contribution < -0.4 is 0 Å². The lowest BCUT2D eigenvalue weighted by atomic mass is 9.49. The highest BCUT2D eigenvalue weighted by atomic mass is 14.6. The Labute approximate surface area is 181 Å². The van der Waals surface area contributed by atoms with Crippen molar-refractivity contribution in [1.82, 2.24) is 0 Å². The van der Waals surface area contributed by atoms with E-state index in [0.29, 0.717) is 32.5 Å². The van der Waals surface area contributed by atoms with Crippen molar-refractivity contribution in [1.29, 1.82) is 0 Å². The third kappa shape index (κ3) is 5.37. The molecule has 0 bridgehead atoms.